The Morgan fingerprint density at radius 3 is 2.44 bits per heavy atom. The Bertz CT molecular complexity index is 1210. The number of carbonyl (C=O) groups is 1. The van der Waals surface area contributed by atoms with Crippen molar-refractivity contribution in [1.29, 1.82) is 0 Å². The Labute approximate surface area is 203 Å². The van der Waals surface area contributed by atoms with Crippen molar-refractivity contribution in [3.05, 3.63) is 65.6 Å². The number of nitrogen functional groups attached to an aromatic ring is 1. The van der Waals surface area contributed by atoms with Crippen LogP contribution in [0, 0.1) is 17.6 Å². The number of pyridine rings is 2. The summed E-state index contributed by atoms with van der Waals surface area (Å²) in [5.41, 5.74) is 0.940. The molecule has 36 heavy (non-hydrogen) atoms. The van der Waals surface area contributed by atoms with E-state index in [0.29, 0.717) is 18.6 Å². The van der Waals surface area contributed by atoms with Crippen molar-refractivity contribution >= 4 is 17.3 Å². The molecule has 0 aliphatic carbocycles. The predicted octanol–water partition coefficient (Wildman–Crippen LogP) is 4.90. The van der Waals surface area contributed by atoms with Crippen molar-refractivity contribution in [3.8, 4) is 17.0 Å². The van der Waals surface area contributed by atoms with E-state index in [1.807, 2.05) is 13.8 Å². The summed E-state index contributed by atoms with van der Waals surface area (Å²) in [5, 5.41) is 5.54. The van der Waals surface area contributed by atoms with Gasteiger partial charge in [-0.25, -0.2) is 13.8 Å². The summed E-state index contributed by atoms with van der Waals surface area (Å²) in [6.45, 7) is 5.94. The van der Waals surface area contributed by atoms with E-state index in [1.165, 1.54) is 18.5 Å². The molecule has 4 rings (SSSR count). The fourth-order valence-corrected chi connectivity index (χ4v) is 3.30. The number of rotatable bonds is 6. The zero-order valence-electron chi connectivity index (χ0n) is 19.4. The highest BCUT2D eigenvalue weighted by Crippen LogP contribution is 2.39. The quantitative estimate of drug-likeness (QED) is 0.409. The number of nitrogens with two attached hydrogens (primary N) is 1. The first-order chi connectivity index (χ1) is 17.1. The lowest BCUT2D eigenvalue weighted by atomic mass is 10.0. The van der Waals surface area contributed by atoms with Crippen LogP contribution in [0.25, 0.3) is 11.3 Å². The van der Waals surface area contributed by atoms with Crippen LogP contribution >= 0.6 is 0 Å². The number of hydrogen-bond donors (Lipinski definition) is 3. The Morgan fingerprint density at radius 1 is 1.19 bits per heavy atom. The monoisotopic (exact) mass is 509 g/mol. The Kier molecular flexibility index (Phi) is 8.41. The Balaban J connectivity index is 0.00000176. The minimum Gasteiger partial charge on any atom is -0.491 e. The van der Waals surface area contributed by atoms with Crippen molar-refractivity contribution in [1.82, 2.24) is 15.3 Å². The minimum absolute atomic E-state index is 0.125. The second-order valence-electron chi connectivity index (χ2n) is 7.58. The number of aromatic nitrogens is 2. The summed E-state index contributed by atoms with van der Waals surface area (Å²) in [5.74, 6) is -2.99. The van der Waals surface area contributed by atoms with Crippen LogP contribution < -0.4 is 21.1 Å². The molecule has 7 nitrogen and oxygen atoms in total. The molecule has 0 bridgehead atoms. The number of halogens is 5. The van der Waals surface area contributed by atoms with Gasteiger partial charge < -0.3 is 21.1 Å². The van der Waals surface area contributed by atoms with Gasteiger partial charge in [-0.05, 0) is 18.2 Å². The van der Waals surface area contributed by atoms with E-state index in [1.54, 1.807) is 0 Å². The summed E-state index contributed by atoms with van der Waals surface area (Å²) >= 11 is 0. The van der Waals surface area contributed by atoms with Gasteiger partial charge in [-0.3, -0.25) is 9.78 Å². The number of amides is 1. The molecule has 0 radical (unpaired) electrons. The second-order valence-corrected chi connectivity index (χ2v) is 7.58. The molecule has 1 aliphatic rings. The van der Waals surface area contributed by atoms with Crippen molar-refractivity contribution in [2.45, 2.75) is 20.0 Å². The van der Waals surface area contributed by atoms with E-state index in [0.717, 1.165) is 31.3 Å². The highest BCUT2D eigenvalue weighted by Gasteiger charge is 2.37. The summed E-state index contributed by atoms with van der Waals surface area (Å²) in [7, 11) is 0. The number of ether oxygens (including phenoxy) is 1. The summed E-state index contributed by atoms with van der Waals surface area (Å²) in [6.07, 6.45) is -2.32. The van der Waals surface area contributed by atoms with Gasteiger partial charge in [-0.1, -0.05) is 19.9 Å². The molecule has 0 saturated carbocycles. The molecule has 0 atom stereocenters. The van der Waals surface area contributed by atoms with Crippen LogP contribution in [0.4, 0.5) is 33.3 Å². The van der Waals surface area contributed by atoms with Crippen LogP contribution in [0.1, 0.15) is 29.9 Å². The SMILES string of the molecule is CC.Nc1cc(C(F)(F)F)c(-c2c(F)cccc2F)nc1C(=O)Nc1cnccc1OCC1CNC1. The van der Waals surface area contributed by atoms with Gasteiger partial charge in [0.2, 0.25) is 0 Å². The van der Waals surface area contributed by atoms with E-state index >= 15 is 0 Å². The molecule has 1 fully saturated rings. The number of nitrogens with one attached hydrogen (secondary N) is 2. The van der Waals surface area contributed by atoms with Crippen molar-refractivity contribution < 1.29 is 31.5 Å². The number of hydrogen-bond acceptors (Lipinski definition) is 6. The first-order valence-electron chi connectivity index (χ1n) is 11.1. The standard InChI is InChI=1S/C22H18F5N5O2.C2H6/c23-13-2-1-3-14(24)18(13)19-12(22(25,26)27)6-15(28)20(32-19)21(33)31-16-9-29-5-4-17(16)34-10-11-7-30-8-11;1-2/h1-6,9,11,30H,7-8,10,28H2,(H,31,33);1-2H3. The fourth-order valence-electron chi connectivity index (χ4n) is 3.30. The molecule has 1 aliphatic heterocycles. The van der Waals surface area contributed by atoms with Crippen molar-refractivity contribution in [2.75, 3.05) is 30.7 Å². The average molecular weight is 509 g/mol. The van der Waals surface area contributed by atoms with Crippen LogP contribution in [0.15, 0.2) is 42.7 Å². The number of alkyl halides is 3. The maximum atomic E-state index is 14.3. The molecule has 3 heterocycles. The highest BCUT2D eigenvalue weighted by atomic mass is 19.4. The third kappa shape index (κ3) is 5.88. The minimum atomic E-state index is -5.04. The van der Waals surface area contributed by atoms with Crippen LogP contribution in [0.3, 0.4) is 0 Å². The smallest absolute Gasteiger partial charge is 0.418 e. The van der Waals surface area contributed by atoms with E-state index in [9.17, 15) is 26.7 Å². The van der Waals surface area contributed by atoms with Crippen molar-refractivity contribution in [2.24, 2.45) is 5.92 Å². The highest BCUT2D eigenvalue weighted by molar-refractivity contribution is 6.07. The number of carbonyl (C=O) groups excluding carboxylic acids is 1. The summed E-state index contributed by atoms with van der Waals surface area (Å²) in [6, 6.07) is 4.50. The van der Waals surface area contributed by atoms with Crippen LogP contribution in [-0.4, -0.2) is 35.6 Å². The lowest BCUT2D eigenvalue weighted by Gasteiger charge is -2.27. The molecular weight excluding hydrogens is 485 g/mol. The maximum Gasteiger partial charge on any atom is 0.418 e. The second kappa shape index (κ2) is 11.3. The molecule has 1 saturated heterocycles. The fraction of sp³-hybridized carbons (Fsp3) is 0.292. The van der Waals surface area contributed by atoms with Gasteiger partial charge in [0, 0.05) is 31.3 Å². The number of nitrogens with zero attached hydrogens (tertiary/aromatic N) is 2. The molecule has 2 aromatic heterocycles. The summed E-state index contributed by atoms with van der Waals surface area (Å²) in [4.78, 5) is 20.4. The Hall–Kier alpha value is -3.80. The molecule has 1 amide bonds. The van der Waals surface area contributed by atoms with E-state index in [2.05, 4.69) is 20.6 Å². The largest absolute Gasteiger partial charge is 0.491 e. The van der Waals surface area contributed by atoms with E-state index in [-0.39, 0.29) is 11.4 Å². The lowest BCUT2D eigenvalue weighted by Crippen LogP contribution is -2.45. The molecule has 0 spiro atoms. The van der Waals surface area contributed by atoms with Gasteiger partial charge in [-0.2, -0.15) is 13.2 Å². The molecule has 3 aromatic rings. The number of anilines is 2. The molecule has 192 valence electrons. The van der Waals surface area contributed by atoms with Gasteiger partial charge in [0.05, 0.1) is 35.3 Å². The molecule has 4 N–H and O–H groups in total. The van der Waals surface area contributed by atoms with Crippen molar-refractivity contribution in [3.63, 3.8) is 0 Å². The van der Waals surface area contributed by atoms with Crippen LogP contribution in [-0.2, 0) is 6.18 Å². The van der Waals surface area contributed by atoms with Crippen LogP contribution in [0.2, 0.25) is 0 Å². The van der Waals surface area contributed by atoms with E-state index < -0.39 is 51.9 Å². The third-order valence-electron chi connectivity index (χ3n) is 5.14. The topological polar surface area (TPSA) is 102 Å². The maximum absolute atomic E-state index is 14.3. The average Bonchev–Trinajstić information content (AvgIpc) is 2.80. The van der Waals surface area contributed by atoms with Gasteiger partial charge in [0.1, 0.15) is 23.1 Å². The first-order valence-corrected chi connectivity index (χ1v) is 11.1. The number of benzene rings is 1. The first kappa shape index (κ1) is 26.8. The van der Waals surface area contributed by atoms with Gasteiger partial charge >= 0.3 is 6.18 Å². The molecule has 12 heteroatoms. The predicted molar refractivity (Wildman–Crippen MR) is 124 cm³/mol. The Morgan fingerprint density at radius 2 is 1.86 bits per heavy atom. The summed E-state index contributed by atoms with van der Waals surface area (Å²) < 4.78 is 75.2. The lowest BCUT2D eigenvalue weighted by molar-refractivity contribution is -0.137. The molecule has 1 aromatic carbocycles. The molecular formula is C24H24F5N5O2. The van der Waals surface area contributed by atoms with Gasteiger partial charge in [0.25, 0.3) is 5.91 Å². The van der Waals surface area contributed by atoms with Crippen LogP contribution in [0.5, 0.6) is 5.75 Å². The van der Waals surface area contributed by atoms with Gasteiger partial charge in [0.15, 0.2) is 5.69 Å². The van der Waals surface area contributed by atoms with Gasteiger partial charge in [-0.15, -0.1) is 0 Å². The zero-order chi connectivity index (χ0) is 26.5. The van der Waals surface area contributed by atoms with E-state index in [4.69, 9.17) is 10.5 Å². The zero-order valence-corrected chi connectivity index (χ0v) is 19.4. The normalized spacial score (nSPS) is 13.3. The third-order valence-corrected chi connectivity index (χ3v) is 5.14. The molecule has 0 unspecified atom stereocenters.